The first kappa shape index (κ1) is 12.3. The number of hydrogen-bond donors (Lipinski definition) is 2. The Hall–Kier alpha value is -1.78. The van der Waals surface area contributed by atoms with Gasteiger partial charge in [-0.3, -0.25) is 4.79 Å². The van der Waals surface area contributed by atoms with Gasteiger partial charge >= 0.3 is 5.97 Å². The number of carbonyl (C=O) groups excluding carboxylic acids is 1. The minimum atomic E-state index is -1.03. The normalized spacial score (nSPS) is 12.1. The highest BCUT2D eigenvalue weighted by Gasteiger charge is 2.20. The molecule has 1 rings (SSSR count). The molecule has 0 aliphatic heterocycles. The van der Waals surface area contributed by atoms with E-state index in [0.717, 1.165) is 0 Å². The van der Waals surface area contributed by atoms with Crippen molar-refractivity contribution in [3.63, 3.8) is 0 Å². The van der Waals surface area contributed by atoms with Crippen molar-refractivity contribution in [1.82, 2.24) is 5.32 Å². The molecule has 0 aromatic carbocycles. The summed E-state index contributed by atoms with van der Waals surface area (Å²) in [6.07, 6.45) is 2.37. The Labute approximate surface area is 93.4 Å². The Kier molecular flexibility index (Phi) is 4.10. The van der Waals surface area contributed by atoms with Crippen molar-refractivity contribution >= 4 is 11.9 Å². The first-order valence-corrected chi connectivity index (χ1v) is 5.20. The molecule has 0 unspecified atom stereocenters. The van der Waals surface area contributed by atoms with E-state index in [-0.39, 0.29) is 0 Å². The predicted molar refractivity (Wildman–Crippen MR) is 57.3 cm³/mol. The number of amides is 1. The van der Waals surface area contributed by atoms with Crippen LogP contribution in [0.5, 0.6) is 0 Å². The molecule has 0 spiro atoms. The summed E-state index contributed by atoms with van der Waals surface area (Å²) in [6, 6.07) is 0.690. The molecule has 2 N–H and O–H groups in total. The number of hydrogen-bond acceptors (Lipinski definition) is 3. The molecule has 1 atom stereocenters. The van der Waals surface area contributed by atoms with Crippen LogP contribution in [0.2, 0.25) is 0 Å². The Bertz CT molecular complexity index is 383. The molecule has 0 aliphatic rings. The van der Waals surface area contributed by atoms with Crippen molar-refractivity contribution in [2.24, 2.45) is 0 Å². The molecule has 0 bridgehead atoms. The lowest BCUT2D eigenvalue weighted by molar-refractivity contribution is -0.139. The molecular weight excluding hydrogens is 210 g/mol. The van der Waals surface area contributed by atoms with Gasteiger partial charge in [-0.15, -0.1) is 0 Å². The number of aryl methyl sites for hydroxylation is 1. The number of furan rings is 1. The number of nitrogens with one attached hydrogen (secondary N) is 1. The largest absolute Gasteiger partial charge is 0.480 e. The molecule has 0 fully saturated rings. The molecule has 5 heteroatoms. The van der Waals surface area contributed by atoms with Gasteiger partial charge in [0.15, 0.2) is 0 Å². The van der Waals surface area contributed by atoms with Crippen molar-refractivity contribution in [3.8, 4) is 0 Å². The molecule has 0 saturated heterocycles. The first-order valence-electron chi connectivity index (χ1n) is 5.20. The van der Waals surface area contributed by atoms with Gasteiger partial charge in [-0.05, 0) is 12.5 Å². The zero-order valence-corrected chi connectivity index (χ0v) is 9.32. The zero-order chi connectivity index (χ0) is 12.1. The van der Waals surface area contributed by atoms with E-state index >= 15 is 0 Å². The van der Waals surface area contributed by atoms with Crippen molar-refractivity contribution in [3.05, 3.63) is 23.7 Å². The highest BCUT2D eigenvalue weighted by molar-refractivity contribution is 5.97. The molecular formula is C11H15NO4. The van der Waals surface area contributed by atoms with E-state index in [2.05, 4.69) is 5.32 Å². The average Bonchev–Trinajstić information content (AvgIpc) is 2.72. The van der Waals surface area contributed by atoms with Crippen LogP contribution in [0.15, 0.2) is 16.7 Å². The minimum absolute atomic E-state index is 0.348. The molecule has 1 heterocycles. The summed E-state index contributed by atoms with van der Waals surface area (Å²) in [6.45, 7) is 3.57. The van der Waals surface area contributed by atoms with Gasteiger partial charge in [0, 0.05) is 6.42 Å². The zero-order valence-electron chi connectivity index (χ0n) is 9.32. The summed E-state index contributed by atoms with van der Waals surface area (Å²) in [7, 11) is 0. The maximum Gasteiger partial charge on any atom is 0.326 e. The summed E-state index contributed by atoms with van der Waals surface area (Å²) in [4.78, 5) is 22.5. The van der Waals surface area contributed by atoms with Gasteiger partial charge in [0.1, 0.15) is 11.8 Å². The van der Waals surface area contributed by atoms with Gasteiger partial charge in [-0.25, -0.2) is 4.79 Å². The van der Waals surface area contributed by atoms with Crippen LogP contribution in [-0.2, 0) is 11.2 Å². The van der Waals surface area contributed by atoms with Gasteiger partial charge in [-0.2, -0.15) is 0 Å². The van der Waals surface area contributed by atoms with Crippen molar-refractivity contribution < 1.29 is 19.1 Å². The second-order valence-corrected chi connectivity index (χ2v) is 3.38. The van der Waals surface area contributed by atoms with Crippen molar-refractivity contribution in [2.45, 2.75) is 32.7 Å². The van der Waals surface area contributed by atoms with Crippen molar-refractivity contribution in [2.75, 3.05) is 0 Å². The van der Waals surface area contributed by atoms with Crippen LogP contribution in [0, 0.1) is 0 Å². The monoisotopic (exact) mass is 225 g/mol. The number of rotatable bonds is 5. The summed E-state index contributed by atoms with van der Waals surface area (Å²) >= 11 is 0. The van der Waals surface area contributed by atoms with Crippen LogP contribution < -0.4 is 5.32 Å². The van der Waals surface area contributed by atoms with E-state index in [1.165, 1.54) is 6.26 Å². The lowest BCUT2D eigenvalue weighted by Crippen LogP contribution is -2.40. The van der Waals surface area contributed by atoms with Gasteiger partial charge < -0.3 is 14.8 Å². The predicted octanol–water partition coefficient (Wildman–Crippen LogP) is 1.44. The van der Waals surface area contributed by atoms with E-state index in [9.17, 15) is 9.59 Å². The van der Waals surface area contributed by atoms with E-state index in [4.69, 9.17) is 9.52 Å². The van der Waals surface area contributed by atoms with Crippen LogP contribution in [-0.4, -0.2) is 23.0 Å². The molecule has 16 heavy (non-hydrogen) atoms. The van der Waals surface area contributed by atoms with Crippen molar-refractivity contribution in [1.29, 1.82) is 0 Å². The molecule has 0 aliphatic carbocycles. The first-order chi connectivity index (χ1) is 7.60. The summed E-state index contributed by atoms with van der Waals surface area (Å²) in [5.41, 5.74) is 0.405. The number of carboxylic acids is 1. The van der Waals surface area contributed by atoms with Gasteiger partial charge in [0.25, 0.3) is 5.91 Å². The third kappa shape index (κ3) is 2.62. The standard InChI is InChI=1S/C11H15NO4/c1-3-8(11(14)15)12-10(13)7-5-6-16-9(7)4-2/h5-6,8H,3-4H2,1-2H3,(H,12,13)(H,14,15)/t8-/m1/s1. The molecule has 88 valence electrons. The fourth-order valence-electron chi connectivity index (χ4n) is 1.39. The van der Waals surface area contributed by atoms with E-state index in [1.807, 2.05) is 6.92 Å². The Morgan fingerprint density at radius 1 is 1.50 bits per heavy atom. The second-order valence-electron chi connectivity index (χ2n) is 3.38. The Morgan fingerprint density at radius 3 is 2.69 bits per heavy atom. The van der Waals surface area contributed by atoms with Crippen LogP contribution in [0.3, 0.4) is 0 Å². The Balaban J connectivity index is 2.75. The fraction of sp³-hybridized carbons (Fsp3) is 0.455. The highest BCUT2D eigenvalue weighted by atomic mass is 16.4. The smallest absolute Gasteiger partial charge is 0.326 e. The van der Waals surface area contributed by atoms with Gasteiger partial charge in [0.2, 0.25) is 0 Å². The molecule has 1 amide bonds. The number of carbonyl (C=O) groups is 2. The van der Waals surface area contributed by atoms with E-state index in [0.29, 0.717) is 24.2 Å². The fourth-order valence-corrected chi connectivity index (χ4v) is 1.39. The molecule has 0 saturated carbocycles. The maximum atomic E-state index is 11.7. The number of aliphatic carboxylic acids is 1. The van der Waals surface area contributed by atoms with Crippen LogP contribution >= 0.6 is 0 Å². The third-order valence-electron chi connectivity index (χ3n) is 2.32. The average molecular weight is 225 g/mol. The summed E-state index contributed by atoms with van der Waals surface area (Å²) in [5, 5.41) is 11.3. The lowest BCUT2D eigenvalue weighted by Gasteiger charge is -2.11. The number of carboxylic acid groups (broad SMARTS) is 1. The SMILES string of the molecule is CCc1occc1C(=O)N[C@H](CC)C(=O)O. The van der Waals surface area contributed by atoms with Crippen LogP contribution in [0.4, 0.5) is 0 Å². The van der Waals surface area contributed by atoms with E-state index < -0.39 is 17.9 Å². The molecule has 5 nitrogen and oxygen atoms in total. The quantitative estimate of drug-likeness (QED) is 0.794. The molecule has 0 radical (unpaired) electrons. The van der Waals surface area contributed by atoms with E-state index in [1.54, 1.807) is 13.0 Å². The lowest BCUT2D eigenvalue weighted by atomic mass is 10.1. The second kappa shape index (κ2) is 5.34. The minimum Gasteiger partial charge on any atom is -0.480 e. The Morgan fingerprint density at radius 2 is 2.19 bits per heavy atom. The maximum absolute atomic E-state index is 11.7. The van der Waals surface area contributed by atoms with Gasteiger partial charge in [0.05, 0.1) is 11.8 Å². The summed E-state index contributed by atoms with van der Waals surface area (Å²) in [5.74, 6) is -0.866. The van der Waals surface area contributed by atoms with Crippen LogP contribution in [0.25, 0.3) is 0 Å². The van der Waals surface area contributed by atoms with Gasteiger partial charge in [-0.1, -0.05) is 13.8 Å². The van der Waals surface area contributed by atoms with Crippen LogP contribution in [0.1, 0.15) is 36.4 Å². The molecule has 1 aromatic rings. The summed E-state index contributed by atoms with van der Waals surface area (Å²) < 4.78 is 5.10. The molecule has 1 aromatic heterocycles. The highest BCUT2D eigenvalue weighted by Crippen LogP contribution is 2.11. The third-order valence-corrected chi connectivity index (χ3v) is 2.32. The topological polar surface area (TPSA) is 79.5 Å².